The number of nitrogens with zero attached hydrogens (tertiary/aromatic N) is 1. The lowest BCUT2D eigenvalue weighted by Crippen LogP contribution is -2.29. The van der Waals surface area contributed by atoms with E-state index in [2.05, 4.69) is 5.32 Å². The minimum Gasteiger partial charge on any atom is -0.507 e. The maximum absolute atomic E-state index is 13.1. The van der Waals surface area contributed by atoms with E-state index in [0.717, 1.165) is 0 Å². The number of furan rings is 1. The summed E-state index contributed by atoms with van der Waals surface area (Å²) in [5.41, 5.74) is 1.04. The molecule has 0 bridgehead atoms. The predicted octanol–water partition coefficient (Wildman–Crippen LogP) is 3.87. The Balaban J connectivity index is 1.88. The summed E-state index contributed by atoms with van der Waals surface area (Å²) in [6.45, 7) is 1.37. The molecular weight excluding hydrogens is 412 g/mol. The summed E-state index contributed by atoms with van der Waals surface area (Å²) in [7, 11) is 1.49. The van der Waals surface area contributed by atoms with Gasteiger partial charge in [0.2, 0.25) is 5.91 Å². The maximum Gasteiger partial charge on any atom is 0.300 e. The average molecular weight is 432 g/mol. The third-order valence-corrected chi connectivity index (χ3v) is 5.04. The molecule has 1 fully saturated rings. The van der Waals surface area contributed by atoms with Crippen LogP contribution in [0.4, 0.5) is 11.4 Å². The van der Waals surface area contributed by atoms with Crippen LogP contribution in [0.25, 0.3) is 5.76 Å². The van der Waals surface area contributed by atoms with Gasteiger partial charge >= 0.3 is 0 Å². The zero-order valence-electron chi connectivity index (χ0n) is 17.4. The van der Waals surface area contributed by atoms with Gasteiger partial charge in [0, 0.05) is 23.9 Å². The predicted molar refractivity (Wildman–Crippen MR) is 117 cm³/mol. The summed E-state index contributed by atoms with van der Waals surface area (Å²) < 4.78 is 10.7. The molecule has 1 aliphatic rings. The Morgan fingerprint density at radius 2 is 1.88 bits per heavy atom. The van der Waals surface area contributed by atoms with Crippen molar-refractivity contribution >= 4 is 34.7 Å². The summed E-state index contributed by atoms with van der Waals surface area (Å²) >= 11 is 0. The monoisotopic (exact) mass is 432 g/mol. The van der Waals surface area contributed by atoms with Crippen LogP contribution in [0.5, 0.6) is 5.75 Å². The van der Waals surface area contributed by atoms with Crippen LogP contribution in [0.3, 0.4) is 0 Å². The second-order valence-corrected chi connectivity index (χ2v) is 7.15. The van der Waals surface area contributed by atoms with E-state index in [9.17, 15) is 19.5 Å². The summed E-state index contributed by atoms with van der Waals surface area (Å²) in [4.78, 5) is 38.9. The molecule has 4 rings (SSSR count). The Kier molecular flexibility index (Phi) is 5.51. The van der Waals surface area contributed by atoms with Gasteiger partial charge in [0.05, 0.1) is 18.9 Å². The van der Waals surface area contributed by atoms with Crippen molar-refractivity contribution in [2.24, 2.45) is 0 Å². The Morgan fingerprint density at radius 3 is 2.56 bits per heavy atom. The lowest BCUT2D eigenvalue weighted by molar-refractivity contribution is -0.132. The number of benzene rings is 2. The van der Waals surface area contributed by atoms with E-state index in [1.165, 1.54) is 25.2 Å². The van der Waals surface area contributed by atoms with E-state index in [1.54, 1.807) is 60.7 Å². The largest absolute Gasteiger partial charge is 0.507 e. The molecule has 1 unspecified atom stereocenters. The number of aliphatic hydroxyl groups is 1. The van der Waals surface area contributed by atoms with Crippen LogP contribution < -0.4 is 15.0 Å². The molecule has 32 heavy (non-hydrogen) atoms. The van der Waals surface area contributed by atoms with Gasteiger partial charge in [-0.3, -0.25) is 19.3 Å². The standard InChI is InChI=1S/C24H20N2O6/c1-14(27)25-16-7-4-8-17(13-16)26-21(19-10-5-11-32-19)20(23(29)24(26)30)22(28)15-6-3-9-18(12-15)31-2/h3-13,21,28H,1-2H3,(H,25,27)/b22-20-. The molecule has 3 aromatic rings. The van der Waals surface area contributed by atoms with Gasteiger partial charge in [0.15, 0.2) is 0 Å². The lowest BCUT2D eigenvalue weighted by atomic mass is 9.99. The molecule has 0 spiro atoms. The highest BCUT2D eigenvalue weighted by Crippen LogP contribution is 2.42. The molecule has 8 nitrogen and oxygen atoms in total. The fourth-order valence-corrected chi connectivity index (χ4v) is 3.68. The van der Waals surface area contributed by atoms with Gasteiger partial charge < -0.3 is 19.6 Å². The normalized spacial score (nSPS) is 17.4. The van der Waals surface area contributed by atoms with E-state index >= 15 is 0 Å². The van der Waals surface area contributed by atoms with Gasteiger partial charge in [-0.2, -0.15) is 0 Å². The van der Waals surface area contributed by atoms with Crippen molar-refractivity contribution in [1.82, 2.24) is 0 Å². The van der Waals surface area contributed by atoms with Crippen LogP contribution in [0.1, 0.15) is 24.3 Å². The van der Waals surface area contributed by atoms with Crippen molar-refractivity contribution in [2.75, 3.05) is 17.3 Å². The molecule has 1 atom stereocenters. The van der Waals surface area contributed by atoms with Crippen LogP contribution in [0.2, 0.25) is 0 Å². The number of carbonyl (C=O) groups is 3. The Bertz CT molecular complexity index is 1230. The molecule has 162 valence electrons. The first-order valence-electron chi connectivity index (χ1n) is 9.77. The Morgan fingerprint density at radius 1 is 1.09 bits per heavy atom. The maximum atomic E-state index is 13.1. The minimum absolute atomic E-state index is 0.108. The number of anilines is 2. The van der Waals surface area contributed by atoms with Gasteiger partial charge in [-0.1, -0.05) is 18.2 Å². The number of rotatable bonds is 5. The SMILES string of the molecule is COc1cccc(/C(O)=C2/C(=O)C(=O)N(c3cccc(NC(C)=O)c3)C2c2ccco2)c1. The zero-order chi connectivity index (χ0) is 22.8. The average Bonchev–Trinajstić information content (AvgIpc) is 3.40. The first-order valence-corrected chi connectivity index (χ1v) is 9.77. The topological polar surface area (TPSA) is 109 Å². The van der Waals surface area contributed by atoms with Gasteiger partial charge in [-0.15, -0.1) is 0 Å². The molecule has 0 radical (unpaired) electrons. The van der Waals surface area contributed by atoms with Crippen LogP contribution in [0, 0.1) is 0 Å². The quantitative estimate of drug-likeness (QED) is 0.360. The van der Waals surface area contributed by atoms with E-state index in [1.807, 2.05) is 0 Å². The van der Waals surface area contributed by atoms with Gasteiger partial charge in [0.25, 0.3) is 11.7 Å². The Hall–Kier alpha value is -4.33. The second-order valence-electron chi connectivity index (χ2n) is 7.15. The molecule has 1 aliphatic heterocycles. The molecule has 2 amide bonds. The van der Waals surface area contributed by atoms with Crippen molar-refractivity contribution in [3.8, 4) is 5.75 Å². The molecule has 2 N–H and O–H groups in total. The Labute approximate surface area is 183 Å². The molecule has 0 aliphatic carbocycles. The van der Waals surface area contributed by atoms with E-state index in [-0.39, 0.29) is 17.2 Å². The number of nitrogens with one attached hydrogen (secondary N) is 1. The van der Waals surface area contributed by atoms with Crippen LogP contribution >= 0.6 is 0 Å². The lowest BCUT2D eigenvalue weighted by Gasteiger charge is -2.24. The summed E-state index contributed by atoms with van der Waals surface area (Å²) in [5, 5.41) is 13.7. The molecule has 2 heterocycles. The number of hydrogen-bond donors (Lipinski definition) is 2. The number of methoxy groups -OCH3 is 1. The fraction of sp³-hybridized carbons (Fsp3) is 0.125. The highest BCUT2D eigenvalue weighted by molar-refractivity contribution is 6.51. The van der Waals surface area contributed by atoms with Crippen molar-refractivity contribution < 1.29 is 28.6 Å². The highest BCUT2D eigenvalue weighted by Gasteiger charge is 2.48. The third-order valence-electron chi connectivity index (χ3n) is 5.04. The minimum atomic E-state index is -0.997. The summed E-state index contributed by atoms with van der Waals surface area (Å²) in [6.07, 6.45) is 1.43. The van der Waals surface area contributed by atoms with Gasteiger partial charge in [-0.25, -0.2) is 0 Å². The molecule has 2 aromatic carbocycles. The number of ether oxygens (including phenoxy) is 1. The molecule has 8 heteroatoms. The first kappa shape index (κ1) is 20.9. The molecule has 1 saturated heterocycles. The van der Waals surface area contributed by atoms with Crippen LogP contribution in [0.15, 0.2) is 76.9 Å². The number of amides is 2. The summed E-state index contributed by atoms with van der Waals surface area (Å²) in [6, 6.07) is 15.3. The fourth-order valence-electron chi connectivity index (χ4n) is 3.68. The first-order chi connectivity index (χ1) is 15.4. The van der Waals surface area contributed by atoms with Gasteiger partial charge in [-0.05, 0) is 42.5 Å². The second kappa shape index (κ2) is 8.43. The van der Waals surface area contributed by atoms with Gasteiger partial charge in [0.1, 0.15) is 23.3 Å². The van der Waals surface area contributed by atoms with E-state index < -0.39 is 17.7 Å². The zero-order valence-corrected chi connectivity index (χ0v) is 17.4. The van der Waals surface area contributed by atoms with E-state index in [4.69, 9.17) is 9.15 Å². The van der Waals surface area contributed by atoms with E-state index in [0.29, 0.717) is 28.4 Å². The highest BCUT2D eigenvalue weighted by atomic mass is 16.5. The number of Topliss-reactive ketones (excluding diaryl/α,β-unsaturated/α-hetero) is 1. The molecule has 1 aromatic heterocycles. The van der Waals surface area contributed by atoms with Crippen molar-refractivity contribution in [3.05, 3.63) is 83.8 Å². The van der Waals surface area contributed by atoms with Crippen LogP contribution in [-0.2, 0) is 14.4 Å². The van der Waals surface area contributed by atoms with Crippen molar-refractivity contribution in [1.29, 1.82) is 0 Å². The summed E-state index contributed by atoms with van der Waals surface area (Å²) in [5.74, 6) is -1.50. The number of aliphatic hydroxyl groups excluding tert-OH is 1. The molecule has 0 saturated carbocycles. The number of ketones is 1. The molecular formula is C24H20N2O6. The number of hydrogen-bond acceptors (Lipinski definition) is 6. The van der Waals surface area contributed by atoms with Crippen molar-refractivity contribution in [3.63, 3.8) is 0 Å². The van der Waals surface area contributed by atoms with Crippen molar-refractivity contribution in [2.45, 2.75) is 13.0 Å². The van der Waals surface area contributed by atoms with Crippen LogP contribution in [-0.4, -0.2) is 29.8 Å². The number of carbonyl (C=O) groups excluding carboxylic acids is 3. The third kappa shape index (κ3) is 3.74. The smallest absolute Gasteiger partial charge is 0.300 e.